The molecule has 1 rings (SSSR count). The Hall–Kier alpha value is -1.22. The molecule has 1 aromatic carbocycles. The molecule has 0 aliphatic heterocycles. The van der Waals surface area contributed by atoms with Crippen LogP contribution in [0.4, 0.5) is 5.69 Å². The van der Waals surface area contributed by atoms with Crippen molar-refractivity contribution in [3.05, 3.63) is 23.8 Å². The van der Waals surface area contributed by atoms with Crippen LogP contribution >= 0.6 is 0 Å². The van der Waals surface area contributed by atoms with E-state index in [1.807, 2.05) is 25.1 Å². The second kappa shape index (κ2) is 7.27. The third kappa shape index (κ3) is 4.57. The van der Waals surface area contributed by atoms with Crippen molar-refractivity contribution in [2.75, 3.05) is 25.4 Å². The van der Waals surface area contributed by atoms with Gasteiger partial charge in [-0.2, -0.15) is 0 Å². The molecule has 1 aromatic rings. The smallest absolute Gasteiger partial charge is 0.142 e. The van der Waals surface area contributed by atoms with Crippen LogP contribution in [0.25, 0.3) is 0 Å². The van der Waals surface area contributed by atoms with Crippen molar-refractivity contribution in [1.82, 2.24) is 4.90 Å². The van der Waals surface area contributed by atoms with Crippen LogP contribution in [0.5, 0.6) is 5.75 Å². The van der Waals surface area contributed by atoms with Gasteiger partial charge in [-0.3, -0.25) is 0 Å². The van der Waals surface area contributed by atoms with Crippen molar-refractivity contribution in [3.63, 3.8) is 0 Å². The minimum atomic E-state index is 0.190. The molecular weight excluding hydrogens is 224 g/mol. The predicted molar refractivity (Wildman–Crippen MR) is 78.1 cm³/mol. The summed E-state index contributed by atoms with van der Waals surface area (Å²) in [5.41, 5.74) is 7.80. The Labute approximate surface area is 111 Å². The van der Waals surface area contributed by atoms with Crippen LogP contribution in [0.1, 0.15) is 32.8 Å². The quantitative estimate of drug-likeness (QED) is 0.756. The van der Waals surface area contributed by atoms with Crippen LogP contribution in [0.2, 0.25) is 0 Å². The SMILES string of the molecule is CCN(CC)CCC(C)Oc1cc(C)ccc1N. The van der Waals surface area contributed by atoms with Crippen LogP contribution in [0.3, 0.4) is 0 Å². The zero-order valence-electron chi connectivity index (χ0n) is 12.1. The molecule has 0 bridgehead atoms. The first-order chi connectivity index (χ1) is 8.56. The highest BCUT2D eigenvalue weighted by molar-refractivity contribution is 5.53. The summed E-state index contributed by atoms with van der Waals surface area (Å²) < 4.78 is 5.91. The van der Waals surface area contributed by atoms with Crippen molar-refractivity contribution >= 4 is 5.69 Å². The van der Waals surface area contributed by atoms with Crippen LogP contribution in [-0.2, 0) is 0 Å². The van der Waals surface area contributed by atoms with E-state index in [0.717, 1.165) is 37.5 Å². The number of ether oxygens (including phenoxy) is 1. The number of nitrogens with zero attached hydrogens (tertiary/aromatic N) is 1. The molecule has 0 aliphatic rings. The molecular formula is C15H26N2O. The maximum Gasteiger partial charge on any atom is 0.142 e. The van der Waals surface area contributed by atoms with Gasteiger partial charge in [-0.25, -0.2) is 0 Å². The van der Waals surface area contributed by atoms with E-state index in [9.17, 15) is 0 Å². The summed E-state index contributed by atoms with van der Waals surface area (Å²) in [6, 6.07) is 5.91. The largest absolute Gasteiger partial charge is 0.489 e. The maximum atomic E-state index is 5.91. The van der Waals surface area contributed by atoms with Gasteiger partial charge in [0, 0.05) is 6.54 Å². The van der Waals surface area contributed by atoms with Crippen molar-refractivity contribution in [2.24, 2.45) is 0 Å². The lowest BCUT2D eigenvalue weighted by Crippen LogP contribution is -2.28. The fourth-order valence-electron chi connectivity index (χ4n) is 1.92. The minimum Gasteiger partial charge on any atom is -0.489 e. The molecule has 102 valence electrons. The Bertz CT molecular complexity index is 362. The molecule has 0 heterocycles. The Balaban J connectivity index is 2.48. The van der Waals surface area contributed by atoms with Gasteiger partial charge in [0.25, 0.3) is 0 Å². The summed E-state index contributed by atoms with van der Waals surface area (Å²) in [5, 5.41) is 0. The second-order valence-electron chi connectivity index (χ2n) is 4.79. The van der Waals surface area contributed by atoms with E-state index in [1.165, 1.54) is 5.56 Å². The second-order valence-corrected chi connectivity index (χ2v) is 4.79. The van der Waals surface area contributed by atoms with Gasteiger partial charge in [0.15, 0.2) is 0 Å². The number of anilines is 1. The predicted octanol–water partition coefficient (Wildman–Crippen LogP) is 3.08. The van der Waals surface area contributed by atoms with E-state index in [2.05, 4.69) is 25.7 Å². The van der Waals surface area contributed by atoms with E-state index in [1.54, 1.807) is 0 Å². The molecule has 2 N–H and O–H groups in total. The summed E-state index contributed by atoms with van der Waals surface area (Å²) in [5.74, 6) is 0.807. The number of rotatable bonds is 7. The van der Waals surface area contributed by atoms with E-state index in [-0.39, 0.29) is 6.10 Å². The van der Waals surface area contributed by atoms with Crippen molar-refractivity contribution < 1.29 is 4.74 Å². The zero-order valence-corrected chi connectivity index (χ0v) is 12.1. The van der Waals surface area contributed by atoms with E-state index >= 15 is 0 Å². The number of hydrogen-bond donors (Lipinski definition) is 1. The van der Waals surface area contributed by atoms with Gasteiger partial charge in [-0.15, -0.1) is 0 Å². The molecule has 3 heteroatoms. The van der Waals surface area contributed by atoms with Gasteiger partial charge in [-0.1, -0.05) is 19.9 Å². The summed E-state index contributed by atoms with van der Waals surface area (Å²) in [4.78, 5) is 2.40. The third-order valence-electron chi connectivity index (χ3n) is 3.24. The fraction of sp³-hybridized carbons (Fsp3) is 0.600. The molecule has 0 aromatic heterocycles. The lowest BCUT2D eigenvalue weighted by Gasteiger charge is -2.22. The van der Waals surface area contributed by atoms with Crippen LogP contribution in [0, 0.1) is 6.92 Å². The van der Waals surface area contributed by atoms with Crippen LogP contribution in [0.15, 0.2) is 18.2 Å². The first kappa shape index (κ1) is 14.8. The summed E-state index contributed by atoms with van der Waals surface area (Å²) in [6.07, 6.45) is 1.21. The summed E-state index contributed by atoms with van der Waals surface area (Å²) >= 11 is 0. The number of hydrogen-bond acceptors (Lipinski definition) is 3. The molecule has 0 saturated heterocycles. The van der Waals surface area contributed by atoms with E-state index in [0.29, 0.717) is 0 Å². The van der Waals surface area contributed by atoms with Crippen LogP contribution < -0.4 is 10.5 Å². The minimum absolute atomic E-state index is 0.190. The van der Waals surface area contributed by atoms with E-state index in [4.69, 9.17) is 10.5 Å². The van der Waals surface area contributed by atoms with Gasteiger partial charge in [0.2, 0.25) is 0 Å². The highest BCUT2D eigenvalue weighted by atomic mass is 16.5. The Morgan fingerprint density at radius 1 is 1.28 bits per heavy atom. The maximum absolute atomic E-state index is 5.91. The number of nitrogen functional groups attached to an aromatic ring is 1. The summed E-state index contributed by atoms with van der Waals surface area (Å²) in [7, 11) is 0. The standard InChI is InChI=1S/C15H26N2O/c1-5-17(6-2)10-9-13(4)18-15-11-12(3)7-8-14(15)16/h7-8,11,13H,5-6,9-10,16H2,1-4H3. The van der Waals surface area contributed by atoms with Gasteiger partial charge in [0.05, 0.1) is 11.8 Å². The molecule has 0 saturated carbocycles. The average Bonchev–Trinajstić information content (AvgIpc) is 2.35. The van der Waals surface area contributed by atoms with Crippen molar-refractivity contribution in [1.29, 1.82) is 0 Å². The summed E-state index contributed by atoms with van der Waals surface area (Å²) in [6.45, 7) is 11.8. The Kier molecular flexibility index (Phi) is 5.99. The number of aryl methyl sites for hydroxylation is 1. The first-order valence-electron chi connectivity index (χ1n) is 6.82. The first-order valence-corrected chi connectivity index (χ1v) is 6.82. The third-order valence-corrected chi connectivity index (χ3v) is 3.24. The van der Waals surface area contributed by atoms with Gasteiger partial charge >= 0.3 is 0 Å². The zero-order chi connectivity index (χ0) is 13.5. The van der Waals surface area contributed by atoms with Crippen LogP contribution in [-0.4, -0.2) is 30.6 Å². The molecule has 1 atom stereocenters. The Morgan fingerprint density at radius 3 is 2.56 bits per heavy atom. The average molecular weight is 250 g/mol. The highest BCUT2D eigenvalue weighted by Gasteiger charge is 2.09. The number of benzene rings is 1. The molecule has 0 amide bonds. The lowest BCUT2D eigenvalue weighted by atomic mass is 10.2. The molecule has 1 unspecified atom stereocenters. The molecule has 0 aliphatic carbocycles. The molecule has 3 nitrogen and oxygen atoms in total. The fourth-order valence-corrected chi connectivity index (χ4v) is 1.92. The number of nitrogens with two attached hydrogens (primary N) is 1. The van der Waals surface area contributed by atoms with E-state index < -0.39 is 0 Å². The molecule has 0 fully saturated rings. The van der Waals surface area contributed by atoms with Gasteiger partial charge in [-0.05, 0) is 51.1 Å². The Morgan fingerprint density at radius 2 is 1.94 bits per heavy atom. The lowest BCUT2D eigenvalue weighted by molar-refractivity contribution is 0.182. The topological polar surface area (TPSA) is 38.5 Å². The van der Waals surface area contributed by atoms with Gasteiger partial charge < -0.3 is 15.4 Å². The van der Waals surface area contributed by atoms with Crippen molar-refractivity contribution in [2.45, 2.75) is 40.2 Å². The normalized spacial score (nSPS) is 12.7. The molecule has 0 spiro atoms. The molecule has 18 heavy (non-hydrogen) atoms. The van der Waals surface area contributed by atoms with Gasteiger partial charge in [0.1, 0.15) is 5.75 Å². The monoisotopic (exact) mass is 250 g/mol. The van der Waals surface area contributed by atoms with Crippen molar-refractivity contribution in [3.8, 4) is 5.75 Å². The highest BCUT2D eigenvalue weighted by Crippen LogP contribution is 2.24. The molecule has 0 radical (unpaired) electrons.